The fraction of sp³-hybridized carbons (Fsp3) is 0.818. The lowest BCUT2D eigenvalue weighted by atomic mass is 10.0. The number of carbonyl (C=O) groups is 2. The molecule has 3 atom stereocenters. The van der Waals surface area contributed by atoms with Crippen LogP contribution >= 0.6 is 0 Å². The molecule has 2 amide bonds. The molecule has 114 valence electrons. The van der Waals surface area contributed by atoms with Crippen LogP contribution in [0.25, 0.3) is 0 Å². The van der Waals surface area contributed by atoms with Crippen molar-refractivity contribution in [3.05, 3.63) is 0 Å². The van der Waals surface area contributed by atoms with Gasteiger partial charge in [-0.2, -0.15) is 0 Å². The molecule has 3 N–H and O–H groups in total. The highest BCUT2D eigenvalue weighted by Gasteiger charge is 2.41. The van der Waals surface area contributed by atoms with E-state index in [1.807, 2.05) is 0 Å². The maximum Gasteiger partial charge on any atom is 0.315 e. The molecule has 2 saturated heterocycles. The quantitative estimate of drug-likeness (QED) is 0.612. The third kappa shape index (κ3) is 3.40. The SMILES string of the molecule is CC1(NC(=O)NC2COCC2C(=O)O)CCS(=O)(=O)C1. The predicted molar refractivity (Wildman–Crippen MR) is 69.1 cm³/mol. The van der Waals surface area contributed by atoms with E-state index in [-0.39, 0.29) is 24.7 Å². The van der Waals surface area contributed by atoms with Crippen molar-refractivity contribution in [2.75, 3.05) is 24.7 Å². The van der Waals surface area contributed by atoms with Gasteiger partial charge in [-0.25, -0.2) is 13.2 Å². The van der Waals surface area contributed by atoms with Crippen LogP contribution in [0.2, 0.25) is 0 Å². The molecule has 2 rings (SSSR count). The molecule has 8 nitrogen and oxygen atoms in total. The molecule has 3 unspecified atom stereocenters. The van der Waals surface area contributed by atoms with E-state index in [4.69, 9.17) is 9.84 Å². The van der Waals surface area contributed by atoms with Crippen LogP contribution in [0.15, 0.2) is 0 Å². The highest BCUT2D eigenvalue weighted by molar-refractivity contribution is 7.91. The van der Waals surface area contributed by atoms with Crippen LogP contribution in [-0.2, 0) is 19.4 Å². The van der Waals surface area contributed by atoms with Crippen molar-refractivity contribution in [2.45, 2.75) is 24.9 Å². The molecule has 2 aliphatic rings. The second-order valence-electron chi connectivity index (χ2n) is 5.59. The number of sulfone groups is 1. The van der Waals surface area contributed by atoms with Crippen molar-refractivity contribution in [3.63, 3.8) is 0 Å². The van der Waals surface area contributed by atoms with Crippen LogP contribution in [0.4, 0.5) is 4.79 Å². The van der Waals surface area contributed by atoms with Crippen molar-refractivity contribution >= 4 is 21.8 Å². The standard InChI is InChI=1S/C11H18N2O6S/c1-11(2-3-20(17,18)6-11)13-10(16)12-8-5-19-4-7(8)9(14)15/h7-8H,2-6H2,1H3,(H,14,15)(H2,12,13,16). The summed E-state index contributed by atoms with van der Waals surface area (Å²) in [5.74, 6) is -1.85. The summed E-state index contributed by atoms with van der Waals surface area (Å²) in [7, 11) is -3.11. The van der Waals surface area contributed by atoms with Gasteiger partial charge < -0.3 is 20.5 Å². The van der Waals surface area contributed by atoms with E-state index in [9.17, 15) is 18.0 Å². The number of ether oxygens (including phenoxy) is 1. The highest BCUT2D eigenvalue weighted by Crippen LogP contribution is 2.22. The minimum Gasteiger partial charge on any atom is -0.481 e. The normalized spacial score (nSPS) is 35.6. The number of amides is 2. The van der Waals surface area contributed by atoms with E-state index >= 15 is 0 Å². The summed E-state index contributed by atoms with van der Waals surface area (Å²) in [4.78, 5) is 22.8. The third-order valence-electron chi connectivity index (χ3n) is 3.63. The molecule has 0 radical (unpaired) electrons. The van der Waals surface area contributed by atoms with Crippen LogP contribution in [0.3, 0.4) is 0 Å². The summed E-state index contributed by atoms with van der Waals surface area (Å²) in [6.07, 6.45) is 0.353. The van der Waals surface area contributed by atoms with Gasteiger partial charge in [0.05, 0.1) is 36.3 Å². The molecule has 0 saturated carbocycles. The summed E-state index contributed by atoms with van der Waals surface area (Å²) in [6.45, 7) is 1.86. The first-order chi connectivity index (χ1) is 9.21. The van der Waals surface area contributed by atoms with Crippen LogP contribution in [0.5, 0.6) is 0 Å². The maximum absolute atomic E-state index is 11.9. The van der Waals surface area contributed by atoms with Crippen LogP contribution in [0, 0.1) is 5.92 Å². The van der Waals surface area contributed by atoms with Gasteiger partial charge in [0.2, 0.25) is 0 Å². The molecule has 0 aliphatic carbocycles. The summed E-state index contributed by atoms with van der Waals surface area (Å²) in [5.41, 5.74) is -0.804. The smallest absolute Gasteiger partial charge is 0.315 e. The molecule has 0 bridgehead atoms. The fourth-order valence-electron chi connectivity index (χ4n) is 2.53. The van der Waals surface area contributed by atoms with Gasteiger partial charge >= 0.3 is 12.0 Å². The maximum atomic E-state index is 11.9. The number of carbonyl (C=O) groups excluding carboxylic acids is 1. The van der Waals surface area contributed by atoms with Crippen LogP contribution in [-0.4, -0.2) is 61.8 Å². The van der Waals surface area contributed by atoms with Crippen LogP contribution < -0.4 is 10.6 Å². The van der Waals surface area contributed by atoms with E-state index in [0.29, 0.717) is 6.42 Å². The van der Waals surface area contributed by atoms with Crippen molar-refractivity contribution in [1.82, 2.24) is 10.6 Å². The van der Waals surface area contributed by atoms with E-state index in [1.165, 1.54) is 0 Å². The number of rotatable bonds is 3. The average molecular weight is 306 g/mol. The molecule has 0 spiro atoms. The van der Waals surface area contributed by atoms with E-state index in [0.717, 1.165) is 0 Å². The van der Waals surface area contributed by atoms with E-state index in [2.05, 4.69) is 10.6 Å². The largest absolute Gasteiger partial charge is 0.481 e. The lowest BCUT2D eigenvalue weighted by molar-refractivity contribution is -0.142. The molecular weight excluding hydrogens is 288 g/mol. The molecule has 0 aromatic carbocycles. The first-order valence-electron chi connectivity index (χ1n) is 6.30. The molecular formula is C11H18N2O6S. The lowest BCUT2D eigenvalue weighted by Gasteiger charge is -2.25. The van der Waals surface area contributed by atoms with Gasteiger partial charge in [-0.15, -0.1) is 0 Å². The minimum atomic E-state index is -3.11. The molecule has 0 aromatic rings. The van der Waals surface area contributed by atoms with Gasteiger partial charge in [-0.05, 0) is 13.3 Å². The van der Waals surface area contributed by atoms with Gasteiger partial charge in [-0.1, -0.05) is 0 Å². The zero-order chi connectivity index (χ0) is 15.0. The Morgan fingerprint density at radius 2 is 2.05 bits per heavy atom. The van der Waals surface area contributed by atoms with E-state index in [1.54, 1.807) is 6.92 Å². The van der Waals surface area contributed by atoms with E-state index < -0.39 is 39.3 Å². The Bertz CT molecular complexity index is 519. The summed E-state index contributed by atoms with van der Waals surface area (Å²) < 4.78 is 27.9. The third-order valence-corrected chi connectivity index (χ3v) is 5.54. The number of carboxylic acids is 1. The topological polar surface area (TPSA) is 122 Å². The van der Waals surface area contributed by atoms with Gasteiger partial charge in [0.25, 0.3) is 0 Å². The first-order valence-corrected chi connectivity index (χ1v) is 8.13. The van der Waals surface area contributed by atoms with Crippen molar-refractivity contribution in [2.24, 2.45) is 5.92 Å². The van der Waals surface area contributed by atoms with Gasteiger partial charge in [0, 0.05) is 0 Å². The zero-order valence-electron chi connectivity index (χ0n) is 11.1. The van der Waals surface area contributed by atoms with Crippen molar-refractivity contribution in [3.8, 4) is 0 Å². The monoisotopic (exact) mass is 306 g/mol. The van der Waals surface area contributed by atoms with Gasteiger partial charge in [0.1, 0.15) is 5.92 Å². The first kappa shape index (κ1) is 15.0. The number of carboxylic acid groups (broad SMARTS) is 1. The fourth-order valence-corrected chi connectivity index (χ4v) is 4.62. The second-order valence-corrected chi connectivity index (χ2v) is 7.77. The average Bonchev–Trinajstić information content (AvgIpc) is 2.83. The number of nitrogens with one attached hydrogen (secondary N) is 2. The summed E-state index contributed by atoms with van der Waals surface area (Å²) in [5, 5.41) is 14.1. The predicted octanol–water partition coefficient (Wildman–Crippen LogP) is -1.04. The second kappa shape index (κ2) is 5.21. The highest BCUT2D eigenvalue weighted by atomic mass is 32.2. The molecule has 0 aromatic heterocycles. The van der Waals surface area contributed by atoms with Gasteiger partial charge in [-0.3, -0.25) is 4.79 Å². The Morgan fingerprint density at radius 3 is 2.60 bits per heavy atom. The van der Waals surface area contributed by atoms with Gasteiger partial charge in [0.15, 0.2) is 9.84 Å². The van der Waals surface area contributed by atoms with Crippen molar-refractivity contribution in [1.29, 1.82) is 0 Å². The molecule has 2 fully saturated rings. The van der Waals surface area contributed by atoms with Crippen LogP contribution in [0.1, 0.15) is 13.3 Å². The van der Waals surface area contributed by atoms with Crippen molar-refractivity contribution < 1.29 is 27.9 Å². The Kier molecular flexibility index (Phi) is 3.92. The molecule has 20 heavy (non-hydrogen) atoms. The summed E-state index contributed by atoms with van der Waals surface area (Å²) in [6, 6.07) is -1.17. The minimum absolute atomic E-state index is 0.0497. The number of aliphatic carboxylic acids is 1. The number of urea groups is 1. The summed E-state index contributed by atoms with van der Waals surface area (Å²) >= 11 is 0. The molecule has 2 aliphatic heterocycles. The number of hydrogen-bond donors (Lipinski definition) is 3. The Morgan fingerprint density at radius 1 is 1.35 bits per heavy atom. The Hall–Kier alpha value is -1.35. The molecule has 9 heteroatoms. The lowest BCUT2D eigenvalue weighted by Crippen LogP contribution is -2.54. The Balaban J connectivity index is 1.91. The number of hydrogen-bond acceptors (Lipinski definition) is 5. The molecule has 2 heterocycles. The Labute approximate surface area is 116 Å². The zero-order valence-corrected chi connectivity index (χ0v) is 11.9.